The Morgan fingerprint density at radius 2 is 1.93 bits per heavy atom. The van der Waals surface area contributed by atoms with Crippen molar-refractivity contribution in [2.45, 2.75) is 52.0 Å². The molecule has 80 valence electrons. The van der Waals surface area contributed by atoms with Gasteiger partial charge in [0.1, 0.15) is 0 Å². The third-order valence-electron chi connectivity index (χ3n) is 3.34. The molecule has 0 N–H and O–H groups in total. The maximum atomic E-state index is 8.90. The molecule has 0 bridgehead atoms. The fourth-order valence-corrected chi connectivity index (χ4v) is 2.04. The first-order valence-electron chi connectivity index (χ1n) is 5.67. The summed E-state index contributed by atoms with van der Waals surface area (Å²) >= 11 is 0. The number of nitrogens with zero attached hydrogens (tertiary/aromatic N) is 2. The second-order valence-corrected chi connectivity index (χ2v) is 5.16. The Bertz CT molecular complexity index is 209. The van der Waals surface area contributed by atoms with Gasteiger partial charge in [0.25, 0.3) is 0 Å². The molecular formula is C12H22N2. The van der Waals surface area contributed by atoms with E-state index in [1.165, 1.54) is 25.7 Å². The van der Waals surface area contributed by atoms with E-state index in [0.717, 1.165) is 19.0 Å². The standard InChI is InChI=1S/C12H22N2/c1-12(2,10-13)8-9-14(3)11-6-4-5-7-11/h11H,4-9H2,1-3H3. The second kappa shape index (κ2) is 4.79. The SMILES string of the molecule is CN(CCC(C)(C)C#N)C1CCCC1. The minimum Gasteiger partial charge on any atom is -0.303 e. The number of hydrogen-bond donors (Lipinski definition) is 0. The maximum absolute atomic E-state index is 8.90. The van der Waals surface area contributed by atoms with Crippen molar-refractivity contribution in [2.75, 3.05) is 13.6 Å². The Hall–Kier alpha value is -0.550. The number of rotatable bonds is 4. The first-order valence-corrected chi connectivity index (χ1v) is 5.67. The highest BCUT2D eigenvalue weighted by molar-refractivity contribution is 4.92. The van der Waals surface area contributed by atoms with E-state index < -0.39 is 0 Å². The summed E-state index contributed by atoms with van der Waals surface area (Å²) in [7, 11) is 2.20. The molecule has 0 atom stereocenters. The van der Waals surface area contributed by atoms with Crippen molar-refractivity contribution in [2.24, 2.45) is 5.41 Å². The molecule has 1 aliphatic rings. The van der Waals surface area contributed by atoms with Crippen LogP contribution in [0.15, 0.2) is 0 Å². The van der Waals surface area contributed by atoms with Crippen LogP contribution in [-0.4, -0.2) is 24.5 Å². The van der Waals surface area contributed by atoms with Gasteiger partial charge in [-0.2, -0.15) is 5.26 Å². The van der Waals surface area contributed by atoms with Crippen LogP contribution in [0.1, 0.15) is 46.0 Å². The van der Waals surface area contributed by atoms with Gasteiger partial charge in [0.15, 0.2) is 0 Å². The smallest absolute Gasteiger partial charge is 0.0684 e. The van der Waals surface area contributed by atoms with Crippen LogP contribution in [0.2, 0.25) is 0 Å². The molecule has 0 aromatic heterocycles. The van der Waals surface area contributed by atoms with Gasteiger partial charge in [-0.25, -0.2) is 0 Å². The summed E-state index contributed by atoms with van der Waals surface area (Å²) in [6.45, 7) is 5.11. The van der Waals surface area contributed by atoms with Gasteiger partial charge in [-0.05, 0) is 46.7 Å². The minimum absolute atomic E-state index is 0.160. The molecule has 0 aromatic rings. The van der Waals surface area contributed by atoms with Gasteiger partial charge in [0, 0.05) is 6.04 Å². The minimum atomic E-state index is -0.160. The molecule has 0 unspecified atom stereocenters. The largest absolute Gasteiger partial charge is 0.303 e. The normalized spacial score (nSPS) is 18.8. The molecular weight excluding hydrogens is 172 g/mol. The quantitative estimate of drug-likeness (QED) is 0.688. The van der Waals surface area contributed by atoms with Crippen LogP contribution in [0.4, 0.5) is 0 Å². The number of nitriles is 1. The molecule has 0 saturated heterocycles. The van der Waals surface area contributed by atoms with Crippen LogP contribution >= 0.6 is 0 Å². The van der Waals surface area contributed by atoms with Gasteiger partial charge in [0.2, 0.25) is 0 Å². The van der Waals surface area contributed by atoms with Crippen LogP contribution in [0, 0.1) is 16.7 Å². The Morgan fingerprint density at radius 1 is 1.36 bits per heavy atom. The van der Waals surface area contributed by atoms with Gasteiger partial charge in [0.05, 0.1) is 11.5 Å². The first kappa shape index (κ1) is 11.5. The predicted molar refractivity (Wildman–Crippen MR) is 58.9 cm³/mol. The van der Waals surface area contributed by atoms with Crippen molar-refractivity contribution in [1.29, 1.82) is 5.26 Å². The summed E-state index contributed by atoms with van der Waals surface area (Å²) in [6.07, 6.45) is 6.46. The molecule has 0 heterocycles. The van der Waals surface area contributed by atoms with Gasteiger partial charge < -0.3 is 4.90 Å². The summed E-state index contributed by atoms with van der Waals surface area (Å²) < 4.78 is 0. The monoisotopic (exact) mass is 194 g/mol. The van der Waals surface area contributed by atoms with Gasteiger partial charge in [-0.3, -0.25) is 0 Å². The highest BCUT2D eigenvalue weighted by atomic mass is 15.1. The van der Waals surface area contributed by atoms with Crippen LogP contribution in [0.25, 0.3) is 0 Å². The lowest BCUT2D eigenvalue weighted by atomic mass is 9.91. The Labute approximate surface area is 87.9 Å². The van der Waals surface area contributed by atoms with Crippen molar-refractivity contribution in [1.82, 2.24) is 4.90 Å². The Kier molecular flexibility index (Phi) is 3.95. The van der Waals surface area contributed by atoms with Crippen LogP contribution in [0.3, 0.4) is 0 Å². The highest BCUT2D eigenvalue weighted by Crippen LogP contribution is 2.25. The van der Waals surface area contributed by atoms with E-state index in [1.54, 1.807) is 0 Å². The topological polar surface area (TPSA) is 27.0 Å². The van der Waals surface area contributed by atoms with E-state index in [1.807, 2.05) is 13.8 Å². The van der Waals surface area contributed by atoms with Crippen LogP contribution in [0.5, 0.6) is 0 Å². The van der Waals surface area contributed by atoms with Crippen molar-refractivity contribution in [3.8, 4) is 6.07 Å². The lowest BCUT2D eigenvalue weighted by Crippen LogP contribution is -2.32. The Morgan fingerprint density at radius 3 is 2.43 bits per heavy atom. The van der Waals surface area contributed by atoms with Crippen LogP contribution in [-0.2, 0) is 0 Å². The molecule has 1 aliphatic carbocycles. The van der Waals surface area contributed by atoms with Crippen LogP contribution < -0.4 is 0 Å². The zero-order chi connectivity index (χ0) is 10.6. The van der Waals surface area contributed by atoms with Crippen molar-refractivity contribution < 1.29 is 0 Å². The third kappa shape index (κ3) is 3.31. The Balaban J connectivity index is 2.27. The lowest BCUT2D eigenvalue weighted by molar-refractivity contribution is 0.219. The molecule has 1 rings (SSSR count). The van der Waals surface area contributed by atoms with E-state index >= 15 is 0 Å². The van der Waals surface area contributed by atoms with Crippen molar-refractivity contribution in [3.63, 3.8) is 0 Å². The zero-order valence-electron chi connectivity index (χ0n) is 9.71. The average molecular weight is 194 g/mol. The summed E-state index contributed by atoms with van der Waals surface area (Å²) in [5.74, 6) is 0. The van der Waals surface area contributed by atoms with E-state index in [4.69, 9.17) is 5.26 Å². The van der Waals surface area contributed by atoms with E-state index in [0.29, 0.717) is 0 Å². The van der Waals surface area contributed by atoms with Gasteiger partial charge in [-0.1, -0.05) is 12.8 Å². The fourth-order valence-electron chi connectivity index (χ4n) is 2.04. The lowest BCUT2D eigenvalue weighted by Gasteiger charge is -2.26. The highest BCUT2D eigenvalue weighted by Gasteiger charge is 2.22. The second-order valence-electron chi connectivity index (χ2n) is 5.16. The molecule has 0 radical (unpaired) electrons. The molecule has 0 aromatic carbocycles. The molecule has 1 fully saturated rings. The summed E-state index contributed by atoms with van der Waals surface area (Å²) in [6, 6.07) is 3.14. The zero-order valence-corrected chi connectivity index (χ0v) is 9.71. The van der Waals surface area contributed by atoms with Crippen molar-refractivity contribution in [3.05, 3.63) is 0 Å². The molecule has 2 heteroatoms. The molecule has 0 amide bonds. The first-order chi connectivity index (χ1) is 6.55. The predicted octanol–water partition coefficient (Wildman–Crippen LogP) is 2.80. The molecule has 0 spiro atoms. The van der Waals surface area contributed by atoms with Gasteiger partial charge in [-0.15, -0.1) is 0 Å². The summed E-state index contributed by atoms with van der Waals surface area (Å²) in [5, 5.41) is 8.90. The average Bonchev–Trinajstić information content (AvgIpc) is 2.67. The molecule has 0 aliphatic heterocycles. The van der Waals surface area contributed by atoms with Crippen molar-refractivity contribution >= 4 is 0 Å². The summed E-state index contributed by atoms with van der Waals surface area (Å²) in [5.41, 5.74) is -0.160. The molecule has 14 heavy (non-hydrogen) atoms. The summed E-state index contributed by atoms with van der Waals surface area (Å²) in [4.78, 5) is 2.44. The van der Waals surface area contributed by atoms with Gasteiger partial charge >= 0.3 is 0 Å². The fraction of sp³-hybridized carbons (Fsp3) is 0.917. The molecule has 1 saturated carbocycles. The molecule has 2 nitrogen and oxygen atoms in total. The number of hydrogen-bond acceptors (Lipinski definition) is 2. The van der Waals surface area contributed by atoms with E-state index in [2.05, 4.69) is 18.0 Å². The third-order valence-corrected chi connectivity index (χ3v) is 3.34. The maximum Gasteiger partial charge on any atom is 0.0684 e. The van der Waals surface area contributed by atoms with E-state index in [-0.39, 0.29) is 5.41 Å². The van der Waals surface area contributed by atoms with E-state index in [9.17, 15) is 0 Å².